The van der Waals surface area contributed by atoms with Crippen molar-refractivity contribution in [2.45, 2.75) is 0 Å². The van der Waals surface area contributed by atoms with Crippen LogP contribution in [0.4, 0.5) is 8.78 Å². The average molecular weight is 231 g/mol. The van der Waals surface area contributed by atoms with Gasteiger partial charge in [-0.25, -0.2) is 19.6 Å². The zero-order valence-electron chi connectivity index (χ0n) is 7.41. The number of nitrogens with two attached hydrogens (primary N) is 2. The third kappa shape index (κ3) is 2.45. The van der Waals surface area contributed by atoms with Crippen LogP contribution >= 0.6 is 12.2 Å². The Kier molecular flexibility index (Phi) is 3.28. The molecule has 0 aliphatic carbocycles. The van der Waals surface area contributed by atoms with Crippen molar-refractivity contribution in [2.24, 2.45) is 11.6 Å². The molecule has 0 radical (unpaired) electrons. The van der Waals surface area contributed by atoms with Gasteiger partial charge in [-0.15, -0.1) is 0 Å². The second-order valence-corrected chi connectivity index (χ2v) is 3.06. The fourth-order valence-corrected chi connectivity index (χ4v) is 0.974. The van der Waals surface area contributed by atoms with Gasteiger partial charge in [-0.3, -0.25) is 4.79 Å². The van der Waals surface area contributed by atoms with E-state index in [0.717, 1.165) is 18.2 Å². The first-order chi connectivity index (χ1) is 6.93. The lowest BCUT2D eigenvalue weighted by atomic mass is 10.2. The van der Waals surface area contributed by atoms with E-state index in [0.29, 0.717) is 5.01 Å². The number of rotatable bonds is 1. The zero-order valence-corrected chi connectivity index (χ0v) is 8.22. The molecule has 0 aromatic heterocycles. The summed E-state index contributed by atoms with van der Waals surface area (Å²) in [5, 5.41) is -0.0589. The lowest BCUT2D eigenvalue weighted by molar-refractivity contribution is 0.0843. The Morgan fingerprint density at radius 2 is 2.00 bits per heavy atom. The van der Waals surface area contributed by atoms with Crippen molar-refractivity contribution in [2.75, 3.05) is 0 Å². The third-order valence-corrected chi connectivity index (χ3v) is 1.81. The largest absolute Gasteiger partial charge is 0.375 e. The number of hydrazine groups is 1. The molecule has 0 fully saturated rings. The van der Waals surface area contributed by atoms with Crippen LogP contribution in [-0.2, 0) is 0 Å². The minimum Gasteiger partial charge on any atom is -0.375 e. The Morgan fingerprint density at radius 1 is 1.40 bits per heavy atom. The van der Waals surface area contributed by atoms with Gasteiger partial charge in [0.1, 0.15) is 11.6 Å². The van der Waals surface area contributed by atoms with Crippen molar-refractivity contribution in [3.8, 4) is 0 Å². The van der Waals surface area contributed by atoms with Gasteiger partial charge in [0.25, 0.3) is 5.91 Å². The molecule has 0 aliphatic rings. The summed E-state index contributed by atoms with van der Waals surface area (Å²) in [7, 11) is 0. The van der Waals surface area contributed by atoms with E-state index in [1.807, 2.05) is 0 Å². The predicted molar refractivity (Wildman–Crippen MR) is 53.5 cm³/mol. The van der Waals surface area contributed by atoms with Gasteiger partial charge in [-0.1, -0.05) is 0 Å². The van der Waals surface area contributed by atoms with Gasteiger partial charge >= 0.3 is 0 Å². The molecule has 1 rings (SSSR count). The molecule has 0 spiro atoms. The molecule has 0 saturated heterocycles. The van der Waals surface area contributed by atoms with Crippen LogP contribution in [0, 0.1) is 11.6 Å². The number of amides is 1. The van der Waals surface area contributed by atoms with Crippen LogP contribution in [0.25, 0.3) is 0 Å². The molecule has 4 N–H and O–H groups in total. The van der Waals surface area contributed by atoms with Crippen LogP contribution in [-0.4, -0.2) is 16.0 Å². The molecule has 0 unspecified atom stereocenters. The van der Waals surface area contributed by atoms with Gasteiger partial charge in [-0.2, -0.15) is 0 Å². The first-order valence-corrected chi connectivity index (χ1v) is 4.18. The fraction of sp³-hybridized carbons (Fsp3) is 0. The highest BCUT2D eigenvalue weighted by atomic mass is 32.1. The van der Waals surface area contributed by atoms with Crippen LogP contribution < -0.4 is 11.6 Å². The highest BCUT2D eigenvalue weighted by Crippen LogP contribution is 2.11. The SMILES string of the molecule is NC(=S)N(N)C(=O)c1cc(F)ccc1F. The summed E-state index contributed by atoms with van der Waals surface area (Å²) >= 11 is 4.41. The smallest absolute Gasteiger partial charge is 0.277 e. The summed E-state index contributed by atoms with van der Waals surface area (Å²) in [6.45, 7) is 0. The van der Waals surface area contributed by atoms with Crippen LogP contribution in [0.5, 0.6) is 0 Å². The monoisotopic (exact) mass is 231 g/mol. The molecule has 0 heterocycles. The van der Waals surface area contributed by atoms with Gasteiger partial charge in [0, 0.05) is 0 Å². The van der Waals surface area contributed by atoms with Crippen LogP contribution in [0.1, 0.15) is 10.4 Å². The Morgan fingerprint density at radius 3 is 2.53 bits per heavy atom. The van der Waals surface area contributed by atoms with Crippen LogP contribution in [0.3, 0.4) is 0 Å². The van der Waals surface area contributed by atoms with Gasteiger partial charge < -0.3 is 5.73 Å². The highest BCUT2D eigenvalue weighted by molar-refractivity contribution is 7.80. The maximum Gasteiger partial charge on any atom is 0.277 e. The first kappa shape index (κ1) is 11.5. The van der Waals surface area contributed by atoms with Crippen LogP contribution in [0.15, 0.2) is 18.2 Å². The molecule has 4 nitrogen and oxygen atoms in total. The number of benzene rings is 1. The molecular weight excluding hydrogens is 224 g/mol. The maximum atomic E-state index is 13.1. The van der Waals surface area contributed by atoms with Gasteiger partial charge in [0.15, 0.2) is 5.11 Å². The summed E-state index contributed by atoms with van der Waals surface area (Å²) in [6, 6.07) is 2.42. The predicted octanol–water partition coefficient (Wildman–Crippen LogP) is 0.524. The number of hydrogen-bond donors (Lipinski definition) is 2. The summed E-state index contributed by atoms with van der Waals surface area (Å²) < 4.78 is 25.8. The van der Waals surface area contributed by atoms with Crippen molar-refractivity contribution in [1.29, 1.82) is 0 Å². The molecular formula is C8H7F2N3OS. The average Bonchev–Trinajstić information content (AvgIpc) is 2.19. The highest BCUT2D eigenvalue weighted by Gasteiger charge is 2.19. The Hall–Kier alpha value is -1.60. The topological polar surface area (TPSA) is 72.3 Å². The van der Waals surface area contributed by atoms with Crippen LogP contribution in [0.2, 0.25) is 0 Å². The molecule has 0 bridgehead atoms. The molecule has 1 aromatic rings. The summed E-state index contributed by atoms with van der Waals surface area (Å²) in [5.74, 6) is 2.49. The number of thiocarbonyl (C=S) groups is 1. The van der Waals surface area contributed by atoms with Crippen molar-refractivity contribution in [3.63, 3.8) is 0 Å². The fourth-order valence-electron chi connectivity index (χ4n) is 0.891. The Bertz CT molecular complexity index is 424. The molecule has 1 amide bonds. The van der Waals surface area contributed by atoms with E-state index < -0.39 is 28.2 Å². The third-order valence-electron chi connectivity index (χ3n) is 1.62. The van der Waals surface area contributed by atoms with Crippen molar-refractivity contribution < 1.29 is 13.6 Å². The number of carbonyl (C=O) groups excluding carboxylic acids is 1. The number of halogens is 2. The van der Waals surface area contributed by atoms with E-state index in [9.17, 15) is 13.6 Å². The Labute approximate surface area is 89.4 Å². The van der Waals surface area contributed by atoms with Crippen molar-refractivity contribution in [3.05, 3.63) is 35.4 Å². The molecule has 80 valence electrons. The normalized spacial score (nSPS) is 9.80. The molecule has 0 aliphatic heterocycles. The van der Waals surface area contributed by atoms with E-state index in [1.54, 1.807) is 0 Å². The molecule has 0 saturated carbocycles. The lowest BCUT2D eigenvalue weighted by Gasteiger charge is -2.14. The van der Waals surface area contributed by atoms with E-state index in [4.69, 9.17) is 11.6 Å². The summed E-state index contributed by atoms with van der Waals surface area (Å²) in [6.07, 6.45) is 0. The molecule has 1 aromatic carbocycles. The van der Waals surface area contributed by atoms with E-state index in [2.05, 4.69) is 12.2 Å². The van der Waals surface area contributed by atoms with Crippen molar-refractivity contribution in [1.82, 2.24) is 5.01 Å². The van der Waals surface area contributed by atoms with Gasteiger partial charge in [0.2, 0.25) is 0 Å². The zero-order chi connectivity index (χ0) is 11.6. The number of nitrogens with zero attached hydrogens (tertiary/aromatic N) is 1. The minimum atomic E-state index is -1.00. The maximum absolute atomic E-state index is 13.1. The van der Waals surface area contributed by atoms with E-state index in [1.165, 1.54) is 0 Å². The molecule has 15 heavy (non-hydrogen) atoms. The lowest BCUT2D eigenvalue weighted by Crippen LogP contribution is -2.45. The molecule has 0 atom stereocenters. The summed E-state index contributed by atoms with van der Waals surface area (Å²) in [4.78, 5) is 11.4. The second kappa shape index (κ2) is 4.28. The summed E-state index contributed by atoms with van der Waals surface area (Å²) in [5.41, 5.74) is 4.53. The van der Waals surface area contributed by atoms with Gasteiger partial charge in [0.05, 0.1) is 5.56 Å². The quantitative estimate of drug-likeness (QED) is 0.320. The first-order valence-electron chi connectivity index (χ1n) is 3.77. The van der Waals surface area contributed by atoms with Crippen molar-refractivity contribution >= 4 is 23.2 Å². The Balaban J connectivity index is 3.11. The van der Waals surface area contributed by atoms with E-state index >= 15 is 0 Å². The second-order valence-electron chi connectivity index (χ2n) is 2.64. The van der Waals surface area contributed by atoms with E-state index in [-0.39, 0.29) is 0 Å². The standard InChI is InChI=1S/C8H7F2N3OS/c9-4-1-2-6(10)5(3-4)7(14)13(12)8(11)15/h1-3H,12H2,(H2,11,15). The minimum absolute atomic E-state index is 0.368. The van der Waals surface area contributed by atoms with Gasteiger partial charge in [-0.05, 0) is 30.4 Å². The number of carbonyl (C=O) groups is 1. The molecule has 7 heteroatoms. The number of hydrogen-bond acceptors (Lipinski definition) is 3.